The number of thioether (sulfide) groups is 1. The molecule has 0 radical (unpaired) electrons. The minimum Gasteiger partial charge on any atom is -0.450 e. The van der Waals surface area contributed by atoms with Crippen LogP contribution in [0.25, 0.3) is 6.08 Å². The number of halogens is 4. The molecule has 3 aromatic rings. The lowest BCUT2D eigenvalue weighted by molar-refractivity contribution is -0.385. The average molecular weight is 503 g/mol. The molecular formula is C23H13F4N3O4S. The molecule has 1 N–H and O–H groups in total. The number of rotatable bonds is 5. The van der Waals surface area contributed by atoms with Gasteiger partial charge in [0.1, 0.15) is 11.6 Å². The van der Waals surface area contributed by atoms with E-state index in [0.29, 0.717) is 33.5 Å². The third-order valence-electron chi connectivity index (χ3n) is 4.60. The zero-order valence-electron chi connectivity index (χ0n) is 17.4. The predicted octanol–water partition coefficient (Wildman–Crippen LogP) is 6.44. The van der Waals surface area contributed by atoms with Gasteiger partial charge in [0, 0.05) is 6.07 Å². The number of carbonyl (C=O) groups excluding carboxylic acids is 1. The van der Waals surface area contributed by atoms with E-state index in [1.54, 1.807) is 18.2 Å². The Balaban J connectivity index is 1.49. The van der Waals surface area contributed by atoms with Crippen LogP contribution in [0.3, 0.4) is 0 Å². The standard InChI is InChI=1S/C23H13F4N3O4S/c24-15-4-6-16(7-5-15)28-22-29-21(31)20(35-22)11-13-1-8-17(9-2-13)34-19-10-3-14(23(25,26)27)12-18(19)30(32)33/h1-12H,(H,28,29,31)/b20-11-. The molecular weight excluding hydrogens is 490 g/mol. The van der Waals surface area contributed by atoms with Gasteiger partial charge >= 0.3 is 11.9 Å². The Morgan fingerprint density at radius 3 is 2.34 bits per heavy atom. The molecule has 178 valence electrons. The number of nitro benzene ring substituents is 1. The molecule has 3 aromatic carbocycles. The van der Waals surface area contributed by atoms with Crippen molar-refractivity contribution in [1.29, 1.82) is 0 Å². The minimum atomic E-state index is -4.73. The Morgan fingerprint density at radius 1 is 1.03 bits per heavy atom. The Hall–Kier alpha value is -4.19. The van der Waals surface area contributed by atoms with Crippen molar-refractivity contribution in [3.05, 3.63) is 98.7 Å². The van der Waals surface area contributed by atoms with Gasteiger partial charge in [-0.2, -0.15) is 13.2 Å². The zero-order chi connectivity index (χ0) is 25.2. The number of nitrogens with one attached hydrogen (secondary N) is 1. The predicted molar refractivity (Wildman–Crippen MR) is 122 cm³/mol. The highest BCUT2D eigenvalue weighted by molar-refractivity contribution is 8.18. The number of amides is 1. The maximum absolute atomic E-state index is 13.0. The first-order valence-corrected chi connectivity index (χ1v) is 10.6. The van der Waals surface area contributed by atoms with Gasteiger partial charge in [-0.05, 0) is 71.9 Å². The van der Waals surface area contributed by atoms with E-state index < -0.39 is 28.2 Å². The Labute approximate surface area is 199 Å². The lowest BCUT2D eigenvalue weighted by Crippen LogP contribution is -2.19. The number of carbonyl (C=O) groups is 1. The van der Waals surface area contributed by atoms with Gasteiger partial charge in [-0.1, -0.05) is 12.1 Å². The van der Waals surface area contributed by atoms with Crippen molar-refractivity contribution in [2.24, 2.45) is 4.99 Å². The third-order valence-corrected chi connectivity index (χ3v) is 5.51. The van der Waals surface area contributed by atoms with Gasteiger partial charge in [-0.3, -0.25) is 14.9 Å². The summed E-state index contributed by atoms with van der Waals surface area (Å²) in [5.41, 5.74) is -0.916. The fraction of sp³-hybridized carbons (Fsp3) is 0.0435. The van der Waals surface area contributed by atoms with E-state index in [0.717, 1.165) is 17.8 Å². The average Bonchev–Trinajstić information content (AvgIpc) is 3.14. The zero-order valence-corrected chi connectivity index (χ0v) is 18.2. The van der Waals surface area contributed by atoms with Crippen LogP contribution in [-0.2, 0) is 11.0 Å². The van der Waals surface area contributed by atoms with Crippen LogP contribution in [0, 0.1) is 15.9 Å². The summed E-state index contributed by atoms with van der Waals surface area (Å²) in [7, 11) is 0. The van der Waals surface area contributed by atoms with Crippen LogP contribution in [0.2, 0.25) is 0 Å². The number of benzene rings is 3. The van der Waals surface area contributed by atoms with Crippen LogP contribution in [0.5, 0.6) is 11.5 Å². The molecule has 0 aliphatic carbocycles. The number of nitrogens with zero attached hydrogens (tertiary/aromatic N) is 2. The van der Waals surface area contributed by atoms with E-state index >= 15 is 0 Å². The van der Waals surface area contributed by atoms with Gasteiger partial charge in [0.2, 0.25) is 5.75 Å². The molecule has 1 fully saturated rings. The van der Waals surface area contributed by atoms with E-state index in [1.165, 1.54) is 36.4 Å². The van der Waals surface area contributed by atoms with E-state index in [4.69, 9.17) is 4.74 Å². The van der Waals surface area contributed by atoms with Gasteiger partial charge in [0.25, 0.3) is 5.91 Å². The second-order valence-electron chi connectivity index (χ2n) is 7.07. The van der Waals surface area contributed by atoms with E-state index in [-0.39, 0.29) is 17.4 Å². The highest BCUT2D eigenvalue weighted by Crippen LogP contribution is 2.38. The SMILES string of the molecule is O=C1NC(=Nc2ccc(F)cc2)S/C1=C\c1ccc(Oc2ccc(C(F)(F)F)cc2[N+](=O)[O-])cc1. The summed E-state index contributed by atoms with van der Waals surface area (Å²) in [5.74, 6) is -0.979. The van der Waals surface area contributed by atoms with Crippen molar-refractivity contribution in [1.82, 2.24) is 5.32 Å². The Bertz CT molecular complexity index is 1350. The van der Waals surface area contributed by atoms with Crippen LogP contribution < -0.4 is 10.1 Å². The molecule has 4 rings (SSSR count). The molecule has 0 bridgehead atoms. The molecule has 1 heterocycles. The molecule has 12 heteroatoms. The van der Waals surface area contributed by atoms with Gasteiger partial charge in [-0.25, -0.2) is 9.38 Å². The Kier molecular flexibility index (Phi) is 6.56. The third kappa shape index (κ3) is 5.84. The first-order chi connectivity index (χ1) is 16.6. The van der Waals surface area contributed by atoms with Crippen LogP contribution in [0.15, 0.2) is 76.6 Å². The van der Waals surface area contributed by atoms with Gasteiger partial charge < -0.3 is 10.1 Å². The van der Waals surface area contributed by atoms with Gasteiger partial charge in [0.15, 0.2) is 5.17 Å². The number of hydrogen-bond donors (Lipinski definition) is 1. The topological polar surface area (TPSA) is 93.8 Å². The van der Waals surface area contributed by atoms with Crippen molar-refractivity contribution in [3.8, 4) is 11.5 Å². The van der Waals surface area contributed by atoms with Gasteiger partial charge in [0.05, 0.1) is 21.1 Å². The summed E-state index contributed by atoms with van der Waals surface area (Å²) in [6.45, 7) is 0. The molecule has 1 amide bonds. The summed E-state index contributed by atoms with van der Waals surface area (Å²) in [6, 6.07) is 13.5. The fourth-order valence-corrected chi connectivity index (χ4v) is 3.79. The number of hydrogen-bond acceptors (Lipinski definition) is 6. The Morgan fingerprint density at radius 2 is 1.71 bits per heavy atom. The van der Waals surface area contributed by atoms with Crippen LogP contribution >= 0.6 is 11.8 Å². The van der Waals surface area contributed by atoms with E-state index in [2.05, 4.69) is 10.3 Å². The molecule has 1 aliphatic heterocycles. The smallest absolute Gasteiger partial charge is 0.416 e. The maximum Gasteiger partial charge on any atom is 0.416 e. The summed E-state index contributed by atoms with van der Waals surface area (Å²) in [4.78, 5) is 27.1. The first-order valence-electron chi connectivity index (χ1n) is 9.77. The quantitative estimate of drug-likeness (QED) is 0.187. The summed E-state index contributed by atoms with van der Waals surface area (Å²) >= 11 is 1.09. The monoisotopic (exact) mass is 503 g/mol. The number of aliphatic imine (C=N–C) groups is 1. The summed E-state index contributed by atoms with van der Waals surface area (Å²) in [6.07, 6.45) is -3.15. The minimum absolute atomic E-state index is 0.150. The second-order valence-corrected chi connectivity index (χ2v) is 8.10. The molecule has 1 aliphatic rings. The first kappa shape index (κ1) is 24.0. The van der Waals surface area contributed by atoms with Crippen molar-refractivity contribution in [2.45, 2.75) is 6.18 Å². The highest BCUT2D eigenvalue weighted by atomic mass is 32.2. The van der Waals surface area contributed by atoms with Gasteiger partial charge in [-0.15, -0.1) is 0 Å². The molecule has 35 heavy (non-hydrogen) atoms. The van der Waals surface area contributed by atoms with Crippen LogP contribution in [-0.4, -0.2) is 16.0 Å². The lowest BCUT2D eigenvalue weighted by atomic mass is 10.1. The molecule has 1 saturated heterocycles. The normalized spacial score (nSPS) is 15.9. The largest absolute Gasteiger partial charge is 0.450 e. The summed E-state index contributed by atoms with van der Waals surface area (Å²) < 4.78 is 57.0. The van der Waals surface area contributed by atoms with E-state index in [9.17, 15) is 32.5 Å². The van der Waals surface area contributed by atoms with Crippen molar-refractivity contribution < 1.29 is 32.0 Å². The van der Waals surface area contributed by atoms with Crippen molar-refractivity contribution in [3.63, 3.8) is 0 Å². The van der Waals surface area contributed by atoms with Crippen LogP contribution in [0.1, 0.15) is 11.1 Å². The number of alkyl halides is 3. The lowest BCUT2D eigenvalue weighted by Gasteiger charge is -2.10. The summed E-state index contributed by atoms with van der Waals surface area (Å²) in [5, 5.41) is 14.1. The van der Waals surface area contributed by atoms with Crippen molar-refractivity contribution >= 4 is 40.3 Å². The molecule has 0 atom stereocenters. The number of ether oxygens (including phenoxy) is 1. The number of nitro groups is 1. The van der Waals surface area contributed by atoms with Crippen molar-refractivity contribution in [2.75, 3.05) is 0 Å². The maximum atomic E-state index is 13.0. The number of amidine groups is 1. The molecule has 0 unspecified atom stereocenters. The van der Waals surface area contributed by atoms with E-state index in [1.807, 2.05) is 0 Å². The second kappa shape index (κ2) is 9.58. The molecule has 0 aromatic heterocycles. The molecule has 7 nitrogen and oxygen atoms in total. The molecule has 0 spiro atoms. The fourth-order valence-electron chi connectivity index (χ4n) is 2.95. The van der Waals surface area contributed by atoms with Crippen LogP contribution in [0.4, 0.5) is 28.9 Å². The molecule has 0 saturated carbocycles. The highest BCUT2D eigenvalue weighted by Gasteiger charge is 2.33.